The van der Waals surface area contributed by atoms with Crippen LogP contribution in [0.3, 0.4) is 0 Å². The summed E-state index contributed by atoms with van der Waals surface area (Å²) >= 11 is 0. The SMILES string of the molecule is CCC(C)NC(=O)CCNc1ncnc(NN)c1C(C)C. The first kappa shape index (κ1) is 17.2. The minimum absolute atomic E-state index is 0.0363. The molecule has 7 nitrogen and oxygen atoms in total. The van der Waals surface area contributed by atoms with Gasteiger partial charge in [-0.25, -0.2) is 15.8 Å². The predicted octanol–water partition coefficient (Wildman–Crippen LogP) is 1.60. The van der Waals surface area contributed by atoms with E-state index in [2.05, 4.69) is 26.0 Å². The molecule has 1 heterocycles. The lowest BCUT2D eigenvalue weighted by Gasteiger charge is -2.16. The molecule has 118 valence electrons. The molecule has 0 spiro atoms. The van der Waals surface area contributed by atoms with E-state index >= 15 is 0 Å². The van der Waals surface area contributed by atoms with E-state index in [1.54, 1.807) is 0 Å². The van der Waals surface area contributed by atoms with Gasteiger partial charge in [0.2, 0.25) is 5.91 Å². The van der Waals surface area contributed by atoms with Gasteiger partial charge in [-0.1, -0.05) is 20.8 Å². The molecular formula is C14H26N6O. The molecule has 7 heteroatoms. The van der Waals surface area contributed by atoms with Crippen molar-refractivity contribution in [2.24, 2.45) is 5.84 Å². The summed E-state index contributed by atoms with van der Waals surface area (Å²) in [6, 6.07) is 0.204. The van der Waals surface area contributed by atoms with Gasteiger partial charge in [0, 0.05) is 24.6 Å². The summed E-state index contributed by atoms with van der Waals surface area (Å²) in [6.07, 6.45) is 2.77. The number of carbonyl (C=O) groups is 1. The molecule has 0 aliphatic carbocycles. The Morgan fingerprint density at radius 1 is 1.29 bits per heavy atom. The van der Waals surface area contributed by atoms with Crippen molar-refractivity contribution in [2.75, 3.05) is 17.3 Å². The van der Waals surface area contributed by atoms with Gasteiger partial charge in [-0.3, -0.25) is 4.79 Å². The van der Waals surface area contributed by atoms with Gasteiger partial charge in [0.25, 0.3) is 0 Å². The van der Waals surface area contributed by atoms with Crippen molar-refractivity contribution in [1.29, 1.82) is 0 Å². The quantitative estimate of drug-likeness (QED) is 0.429. The number of amides is 1. The van der Waals surface area contributed by atoms with Crippen molar-refractivity contribution < 1.29 is 4.79 Å². The molecule has 0 aromatic carbocycles. The highest BCUT2D eigenvalue weighted by Gasteiger charge is 2.14. The van der Waals surface area contributed by atoms with E-state index in [1.807, 2.05) is 27.7 Å². The monoisotopic (exact) mass is 294 g/mol. The van der Waals surface area contributed by atoms with Crippen molar-refractivity contribution >= 4 is 17.5 Å². The highest BCUT2D eigenvalue weighted by molar-refractivity contribution is 5.76. The van der Waals surface area contributed by atoms with Gasteiger partial charge in [-0.15, -0.1) is 0 Å². The number of nitrogens with zero attached hydrogens (tertiary/aromatic N) is 2. The first-order chi connectivity index (χ1) is 9.99. The molecule has 1 rings (SSSR count). The lowest BCUT2D eigenvalue weighted by Crippen LogP contribution is -2.33. The zero-order valence-electron chi connectivity index (χ0n) is 13.2. The van der Waals surface area contributed by atoms with Gasteiger partial charge < -0.3 is 16.1 Å². The van der Waals surface area contributed by atoms with Crippen LogP contribution in [0, 0.1) is 0 Å². The summed E-state index contributed by atoms with van der Waals surface area (Å²) in [5, 5.41) is 6.12. The van der Waals surface area contributed by atoms with E-state index in [4.69, 9.17) is 5.84 Å². The molecule has 0 bridgehead atoms. The van der Waals surface area contributed by atoms with Crippen LogP contribution in [0.4, 0.5) is 11.6 Å². The second-order valence-electron chi connectivity index (χ2n) is 5.34. The molecule has 0 radical (unpaired) electrons. The zero-order valence-corrected chi connectivity index (χ0v) is 13.2. The molecular weight excluding hydrogens is 268 g/mol. The summed E-state index contributed by atoms with van der Waals surface area (Å²) in [4.78, 5) is 20.1. The summed E-state index contributed by atoms with van der Waals surface area (Å²) in [5.41, 5.74) is 3.50. The normalized spacial score (nSPS) is 12.1. The number of carbonyl (C=O) groups excluding carboxylic acids is 1. The van der Waals surface area contributed by atoms with Crippen molar-refractivity contribution in [3.8, 4) is 0 Å². The third kappa shape index (κ3) is 5.18. The number of nitrogens with one attached hydrogen (secondary N) is 3. The summed E-state index contributed by atoms with van der Waals surface area (Å²) in [7, 11) is 0. The molecule has 0 fully saturated rings. The van der Waals surface area contributed by atoms with Gasteiger partial charge in [-0.2, -0.15) is 0 Å². The van der Waals surface area contributed by atoms with Gasteiger partial charge in [0.1, 0.15) is 18.0 Å². The Labute approximate surface area is 126 Å². The first-order valence-corrected chi connectivity index (χ1v) is 7.34. The van der Waals surface area contributed by atoms with Crippen LogP contribution in [0.5, 0.6) is 0 Å². The Kier molecular flexibility index (Phi) is 6.87. The molecule has 0 saturated heterocycles. The lowest BCUT2D eigenvalue weighted by molar-refractivity contribution is -0.121. The minimum Gasteiger partial charge on any atom is -0.369 e. The van der Waals surface area contributed by atoms with E-state index in [0.29, 0.717) is 24.6 Å². The Morgan fingerprint density at radius 3 is 2.52 bits per heavy atom. The van der Waals surface area contributed by atoms with Crippen LogP contribution >= 0.6 is 0 Å². The van der Waals surface area contributed by atoms with Crippen LogP contribution in [-0.4, -0.2) is 28.5 Å². The molecule has 21 heavy (non-hydrogen) atoms. The molecule has 1 aromatic rings. The standard InChI is InChI=1S/C14H26N6O/c1-5-10(4)19-11(21)6-7-16-13-12(9(2)3)14(20-15)18-8-17-13/h8-10H,5-7,15H2,1-4H3,(H,19,21)(H2,16,17,18,20). The lowest BCUT2D eigenvalue weighted by atomic mass is 10.0. The molecule has 1 atom stereocenters. The molecule has 1 amide bonds. The second kappa shape index (κ2) is 8.41. The van der Waals surface area contributed by atoms with Gasteiger partial charge in [0.15, 0.2) is 0 Å². The van der Waals surface area contributed by atoms with Crippen LogP contribution in [0.2, 0.25) is 0 Å². The maximum absolute atomic E-state index is 11.7. The van der Waals surface area contributed by atoms with Crippen LogP contribution in [0.1, 0.15) is 52.0 Å². The Morgan fingerprint density at radius 2 is 1.95 bits per heavy atom. The topological polar surface area (TPSA) is 105 Å². The number of nitrogens with two attached hydrogens (primary N) is 1. The molecule has 0 aliphatic heterocycles. The maximum atomic E-state index is 11.7. The van der Waals surface area contributed by atoms with Crippen LogP contribution in [0.25, 0.3) is 0 Å². The van der Waals surface area contributed by atoms with Crippen LogP contribution in [0.15, 0.2) is 6.33 Å². The van der Waals surface area contributed by atoms with E-state index in [1.165, 1.54) is 6.33 Å². The predicted molar refractivity (Wildman–Crippen MR) is 84.9 cm³/mol. The minimum atomic E-state index is 0.0363. The molecule has 5 N–H and O–H groups in total. The number of nitrogen functional groups attached to an aromatic ring is 1. The van der Waals surface area contributed by atoms with Crippen molar-refractivity contribution in [2.45, 2.75) is 52.5 Å². The highest BCUT2D eigenvalue weighted by atomic mass is 16.1. The van der Waals surface area contributed by atoms with Gasteiger partial charge in [0.05, 0.1) is 0 Å². The smallest absolute Gasteiger partial charge is 0.221 e. The molecule has 1 aromatic heterocycles. The average Bonchev–Trinajstić information content (AvgIpc) is 2.46. The average molecular weight is 294 g/mol. The number of hydrogen-bond acceptors (Lipinski definition) is 6. The Bertz CT molecular complexity index is 463. The maximum Gasteiger partial charge on any atom is 0.221 e. The van der Waals surface area contributed by atoms with E-state index in [0.717, 1.165) is 12.0 Å². The highest BCUT2D eigenvalue weighted by Crippen LogP contribution is 2.27. The summed E-state index contributed by atoms with van der Waals surface area (Å²) < 4.78 is 0. The van der Waals surface area contributed by atoms with Crippen LogP contribution < -0.4 is 21.9 Å². The molecule has 0 saturated carbocycles. The first-order valence-electron chi connectivity index (χ1n) is 7.34. The fraction of sp³-hybridized carbons (Fsp3) is 0.643. The van der Waals surface area contributed by atoms with Crippen molar-refractivity contribution in [3.63, 3.8) is 0 Å². The zero-order chi connectivity index (χ0) is 15.8. The number of aromatic nitrogens is 2. The van der Waals surface area contributed by atoms with E-state index < -0.39 is 0 Å². The third-order valence-corrected chi connectivity index (χ3v) is 3.26. The Hall–Kier alpha value is -1.89. The number of hydrazine groups is 1. The molecule has 1 unspecified atom stereocenters. The van der Waals surface area contributed by atoms with Crippen LogP contribution in [-0.2, 0) is 4.79 Å². The second-order valence-corrected chi connectivity index (χ2v) is 5.34. The van der Waals surface area contributed by atoms with E-state index in [9.17, 15) is 4.79 Å². The fourth-order valence-electron chi connectivity index (χ4n) is 1.94. The van der Waals surface area contributed by atoms with E-state index in [-0.39, 0.29) is 17.9 Å². The van der Waals surface area contributed by atoms with Crippen molar-refractivity contribution in [3.05, 3.63) is 11.9 Å². The third-order valence-electron chi connectivity index (χ3n) is 3.26. The number of hydrogen-bond donors (Lipinski definition) is 4. The van der Waals surface area contributed by atoms with Gasteiger partial charge >= 0.3 is 0 Å². The largest absolute Gasteiger partial charge is 0.369 e. The summed E-state index contributed by atoms with van der Waals surface area (Å²) in [5.74, 6) is 7.04. The van der Waals surface area contributed by atoms with Gasteiger partial charge in [-0.05, 0) is 19.3 Å². The Balaban J connectivity index is 2.61. The fourth-order valence-corrected chi connectivity index (χ4v) is 1.94. The number of rotatable bonds is 8. The molecule has 0 aliphatic rings. The number of anilines is 2. The summed E-state index contributed by atoms with van der Waals surface area (Å²) in [6.45, 7) is 8.63. The van der Waals surface area contributed by atoms with Crippen molar-refractivity contribution in [1.82, 2.24) is 15.3 Å².